The van der Waals surface area contributed by atoms with Gasteiger partial charge >= 0.3 is 0 Å². The molecule has 0 bridgehead atoms. The molecule has 0 heterocycles. The van der Waals surface area contributed by atoms with E-state index in [0.29, 0.717) is 28.5 Å². The molecule has 0 spiro atoms. The minimum atomic E-state index is -0.834. The second-order valence-corrected chi connectivity index (χ2v) is 8.30. The predicted molar refractivity (Wildman–Crippen MR) is 113 cm³/mol. The number of hydrogen-bond acceptors (Lipinski definition) is 6. The number of benzene rings is 1. The quantitative estimate of drug-likeness (QED) is 0.232. The lowest BCUT2D eigenvalue weighted by atomic mass is 9.81. The van der Waals surface area contributed by atoms with E-state index >= 15 is 0 Å². The van der Waals surface area contributed by atoms with Crippen LogP contribution in [0.1, 0.15) is 57.3 Å². The molecular formula is C22H34N2O6. The van der Waals surface area contributed by atoms with E-state index < -0.39 is 17.4 Å². The van der Waals surface area contributed by atoms with Crippen molar-refractivity contribution in [3.63, 3.8) is 0 Å². The summed E-state index contributed by atoms with van der Waals surface area (Å²) in [7, 11) is 2.99. The van der Waals surface area contributed by atoms with E-state index in [4.69, 9.17) is 9.47 Å². The smallest absolute Gasteiger partial charge is 0.233 e. The molecule has 1 aromatic rings. The Morgan fingerprint density at radius 2 is 1.90 bits per heavy atom. The zero-order chi connectivity index (χ0) is 22.9. The Labute approximate surface area is 178 Å². The first-order chi connectivity index (χ1) is 14.1. The SMILES string of the molecule is CCCC[C@H](CN(O)C=O)C(=O)N[C@H](C(=O)c1ccc(OC)cc1OC)C(C)(C)C. The second kappa shape index (κ2) is 11.5. The number of carbonyl (C=O) groups is 3. The van der Waals surface area contributed by atoms with Gasteiger partial charge in [0.15, 0.2) is 5.78 Å². The molecule has 2 amide bonds. The van der Waals surface area contributed by atoms with Crippen LogP contribution < -0.4 is 14.8 Å². The van der Waals surface area contributed by atoms with Crippen LogP contribution in [0.2, 0.25) is 0 Å². The zero-order valence-corrected chi connectivity index (χ0v) is 18.7. The van der Waals surface area contributed by atoms with Crippen LogP contribution in [0.15, 0.2) is 18.2 Å². The van der Waals surface area contributed by atoms with Crippen molar-refractivity contribution < 1.29 is 29.1 Å². The van der Waals surface area contributed by atoms with Crippen LogP contribution in [0.4, 0.5) is 0 Å². The number of methoxy groups -OCH3 is 2. The fourth-order valence-corrected chi connectivity index (χ4v) is 3.12. The van der Waals surface area contributed by atoms with E-state index in [1.165, 1.54) is 14.2 Å². The van der Waals surface area contributed by atoms with Crippen LogP contribution in [0.25, 0.3) is 0 Å². The van der Waals surface area contributed by atoms with E-state index in [9.17, 15) is 19.6 Å². The Hall–Kier alpha value is -2.61. The highest BCUT2D eigenvalue weighted by Gasteiger charge is 2.36. The van der Waals surface area contributed by atoms with Gasteiger partial charge in [-0.25, -0.2) is 5.06 Å². The third kappa shape index (κ3) is 7.02. The maximum Gasteiger partial charge on any atom is 0.233 e. The van der Waals surface area contributed by atoms with Gasteiger partial charge in [0.25, 0.3) is 0 Å². The van der Waals surface area contributed by atoms with Gasteiger partial charge in [-0.1, -0.05) is 40.5 Å². The molecule has 0 unspecified atom stereocenters. The van der Waals surface area contributed by atoms with Gasteiger partial charge in [0.05, 0.1) is 38.3 Å². The van der Waals surface area contributed by atoms with Crippen LogP contribution in [0.5, 0.6) is 11.5 Å². The number of nitrogens with one attached hydrogen (secondary N) is 1. The third-order valence-electron chi connectivity index (χ3n) is 4.90. The Balaban J connectivity index is 3.18. The van der Waals surface area contributed by atoms with E-state index in [1.807, 2.05) is 27.7 Å². The third-order valence-corrected chi connectivity index (χ3v) is 4.90. The van der Waals surface area contributed by atoms with Crippen LogP contribution in [-0.2, 0) is 9.59 Å². The summed E-state index contributed by atoms with van der Waals surface area (Å²) in [5, 5.41) is 12.9. The summed E-state index contributed by atoms with van der Waals surface area (Å²) < 4.78 is 10.5. The maximum atomic E-state index is 13.4. The number of carbonyl (C=O) groups excluding carboxylic acids is 3. The molecule has 0 aliphatic rings. The summed E-state index contributed by atoms with van der Waals surface area (Å²) in [6.07, 6.45) is 2.37. The molecule has 1 aromatic carbocycles. The van der Waals surface area contributed by atoms with Crippen molar-refractivity contribution >= 4 is 18.1 Å². The van der Waals surface area contributed by atoms with E-state index in [0.717, 1.165) is 12.8 Å². The van der Waals surface area contributed by atoms with Crippen LogP contribution in [0.3, 0.4) is 0 Å². The molecule has 30 heavy (non-hydrogen) atoms. The van der Waals surface area contributed by atoms with Gasteiger partial charge in [0.1, 0.15) is 11.5 Å². The van der Waals surface area contributed by atoms with Gasteiger partial charge in [-0.2, -0.15) is 0 Å². The minimum absolute atomic E-state index is 0.133. The summed E-state index contributed by atoms with van der Waals surface area (Å²) in [5.41, 5.74) is -0.253. The average molecular weight is 423 g/mol. The standard InChI is InChI=1S/C22H34N2O6/c1-7-8-9-15(13-24(28)14-25)21(27)23-20(22(2,3)4)19(26)17-11-10-16(29-5)12-18(17)30-6/h10-12,14-15,20,28H,7-9,13H2,1-6H3,(H,23,27)/t15-,20-/m1/s1. The van der Waals surface area contributed by atoms with Crippen LogP contribution >= 0.6 is 0 Å². The number of hydroxylamine groups is 2. The number of hydrogen-bond donors (Lipinski definition) is 2. The van der Waals surface area contributed by atoms with Crippen molar-refractivity contribution in [3.05, 3.63) is 23.8 Å². The zero-order valence-electron chi connectivity index (χ0n) is 18.7. The first kappa shape index (κ1) is 25.4. The van der Waals surface area contributed by atoms with Crippen molar-refractivity contribution in [2.45, 2.75) is 53.0 Å². The predicted octanol–water partition coefficient (Wildman–Crippen LogP) is 3.07. The average Bonchev–Trinajstić information content (AvgIpc) is 2.72. The molecule has 0 saturated carbocycles. The van der Waals surface area contributed by atoms with Crippen molar-refractivity contribution in [2.24, 2.45) is 11.3 Å². The second-order valence-electron chi connectivity index (χ2n) is 8.30. The monoisotopic (exact) mass is 422 g/mol. The molecule has 0 radical (unpaired) electrons. The number of ketones is 1. The molecule has 0 aliphatic heterocycles. The Morgan fingerprint density at radius 3 is 2.40 bits per heavy atom. The normalized spacial score (nSPS) is 13.2. The molecule has 0 saturated heterocycles. The largest absolute Gasteiger partial charge is 0.497 e. The molecule has 168 valence electrons. The summed E-state index contributed by atoms with van der Waals surface area (Å²) >= 11 is 0. The number of amides is 2. The summed E-state index contributed by atoms with van der Waals surface area (Å²) in [5.74, 6) is -0.398. The lowest BCUT2D eigenvalue weighted by molar-refractivity contribution is -0.154. The Bertz CT molecular complexity index is 729. The van der Waals surface area contributed by atoms with Gasteiger partial charge < -0.3 is 14.8 Å². The van der Waals surface area contributed by atoms with Crippen molar-refractivity contribution in [3.8, 4) is 11.5 Å². The number of rotatable bonds is 12. The molecule has 0 fully saturated rings. The van der Waals surface area contributed by atoms with E-state index in [2.05, 4.69) is 5.32 Å². The molecule has 2 atom stereocenters. The molecule has 2 N–H and O–H groups in total. The number of nitrogens with zero attached hydrogens (tertiary/aromatic N) is 1. The molecular weight excluding hydrogens is 388 g/mol. The van der Waals surface area contributed by atoms with Crippen LogP contribution in [0, 0.1) is 11.3 Å². The van der Waals surface area contributed by atoms with Gasteiger partial charge in [0.2, 0.25) is 12.3 Å². The molecule has 1 rings (SSSR count). The molecule has 8 heteroatoms. The van der Waals surface area contributed by atoms with Gasteiger partial charge in [0, 0.05) is 6.07 Å². The van der Waals surface area contributed by atoms with Gasteiger partial charge in [-0.05, 0) is 24.0 Å². The molecule has 0 aromatic heterocycles. The number of unbranched alkanes of at least 4 members (excludes halogenated alkanes) is 1. The lowest BCUT2D eigenvalue weighted by Crippen LogP contribution is -2.52. The Morgan fingerprint density at radius 1 is 1.23 bits per heavy atom. The lowest BCUT2D eigenvalue weighted by Gasteiger charge is -2.32. The fraction of sp³-hybridized carbons (Fsp3) is 0.591. The topological polar surface area (TPSA) is 105 Å². The maximum absolute atomic E-state index is 13.4. The highest BCUT2D eigenvalue weighted by atomic mass is 16.5. The first-order valence-corrected chi connectivity index (χ1v) is 10.1. The highest BCUT2D eigenvalue weighted by molar-refractivity contribution is 6.04. The van der Waals surface area contributed by atoms with Crippen molar-refractivity contribution in [1.82, 2.24) is 10.4 Å². The highest BCUT2D eigenvalue weighted by Crippen LogP contribution is 2.30. The summed E-state index contributed by atoms with van der Waals surface area (Å²) in [6, 6.07) is 4.06. The van der Waals surface area contributed by atoms with E-state index in [-0.39, 0.29) is 24.6 Å². The molecule has 0 aliphatic carbocycles. The van der Waals surface area contributed by atoms with Gasteiger partial charge in [-0.3, -0.25) is 19.6 Å². The summed E-state index contributed by atoms with van der Waals surface area (Å²) in [6.45, 7) is 7.43. The van der Waals surface area contributed by atoms with Crippen molar-refractivity contribution in [2.75, 3.05) is 20.8 Å². The Kier molecular flexibility index (Phi) is 9.78. The van der Waals surface area contributed by atoms with Gasteiger partial charge in [-0.15, -0.1) is 0 Å². The summed E-state index contributed by atoms with van der Waals surface area (Å²) in [4.78, 5) is 37.2. The first-order valence-electron chi connectivity index (χ1n) is 10.1. The number of ether oxygens (including phenoxy) is 2. The number of Topliss-reactive ketones (excluding diaryl/α,β-unsaturated/α-hetero) is 1. The minimum Gasteiger partial charge on any atom is -0.497 e. The molecule has 8 nitrogen and oxygen atoms in total. The van der Waals surface area contributed by atoms with Crippen molar-refractivity contribution in [1.29, 1.82) is 0 Å². The van der Waals surface area contributed by atoms with E-state index in [1.54, 1.807) is 18.2 Å². The fourth-order valence-electron chi connectivity index (χ4n) is 3.12. The van der Waals surface area contributed by atoms with Crippen LogP contribution in [-0.4, -0.2) is 55.2 Å².